The van der Waals surface area contributed by atoms with Crippen LogP contribution in [0.25, 0.3) is 10.9 Å². The minimum Gasteiger partial charge on any atom is -0.477 e. The lowest BCUT2D eigenvalue weighted by atomic mass is 9.86. The van der Waals surface area contributed by atoms with Crippen LogP contribution in [-0.4, -0.2) is 39.4 Å². The molecule has 0 saturated carbocycles. The molecule has 0 spiro atoms. The van der Waals surface area contributed by atoms with E-state index in [1.807, 2.05) is 24.3 Å². The van der Waals surface area contributed by atoms with Crippen LogP contribution in [0.5, 0.6) is 0 Å². The first-order valence-corrected chi connectivity index (χ1v) is 9.72. The summed E-state index contributed by atoms with van der Waals surface area (Å²) >= 11 is 0. The zero-order valence-electron chi connectivity index (χ0n) is 17.1. The number of aromatic amines is 1. The minimum atomic E-state index is -1.10. The molecule has 4 rings (SSSR count). The molecule has 2 heterocycles. The number of amides is 3. The Morgan fingerprint density at radius 2 is 1.80 bits per heavy atom. The van der Waals surface area contributed by atoms with E-state index in [2.05, 4.69) is 25.8 Å². The number of nitrogens with one attached hydrogen (secondary N) is 1. The smallest absolute Gasteiger partial charge is 0.352 e. The van der Waals surface area contributed by atoms with Gasteiger partial charge in [0.2, 0.25) is 0 Å². The second kappa shape index (κ2) is 7.02. The average Bonchev–Trinajstić information content (AvgIpc) is 3.19. The van der Waals surface area contributed by atoms with Gasteiger partial charge in [0.15, 0.2) is 0 Å². The Morgan fingerprint density at radius 3 is 2.43 bits per heavy atom. The summed E-state index contributed by atoms with van der Waals surface area (Å²) in [4.78, 5) is 42.8. The van der Waals surface area contributed by atoms with Crippen LogP contribution in [-0.2, 0) is 16.8 Å². The predicted molar refractivity (Wildman–Crippen MR) is 114 cm³/mol. The fourth-order valence-electron chi connectivity index (χ4n) is 3.76. The molecule has 1 fully saturated rings. The number of fused-ring (bicyclic) bond motifs is 1. The number of anilines is 1. The van der Waals surface area contributed by atoms with Crippen LogP contribution in [0.4, 0.5) is 10.5 Å². The Hall–Kier alpha value is -3.61. The molecule has 0 unspecified atom stereocenters. The predicted octanol–water partition coefficient (Wildman–Crippen LogP) is 4.13. The van der Waals surface area contributed by atoms with Gasteiger partial charge in [0.1, 0.15) is 12.2 Å². The number of aromatic carboxylic acids is 1. The molecule has 3 amide bonds. The SMILES string of the molecule is CC(C)(C)c1ccc2[nH]c(C(=O)O)c(CN3CC(=O)N(c4ccccc4)C3=O)c2c1. The average molecular weight is 405 g/mol. The first kappa shape index (κ1) is 19.7. The Morgan fingerprint density at radius 1 is 1.10 bits per heavy atom. The van der Waals surface area contributed by atoms with E-state index in [4.69, 9.17) is 0 Å². The van der Waals surface area contributed by atoms with Gasteiger partial charge in [-0.3, -0.25) is 4.79 Å². The summed E-state index contributed by atoms with van der Waals surface area (Å²) in [7, 11) is 0. The third-order valence-electron chi connectivity index (χ3n) is 5.39. The minimum absolute atomic E-state index is 0.0309. The van der Waals surface area contributed by atoms with Crippen molar-refractivity contribution in [2.24, 2.45) is 0 Å². The lowest BCUT2D eigenvalue weighted by molar-refractivity contribution is -0.116. The molecule has 0 atom stereocenters. The molecule has 1 aliphatic rings. The number of hydrogen-bond donors (Lipinski definition) is 2. The number of carboxylic acid groups (broad SMARTS) is 1. The highest BCUT2D eigenvalue weighted by atomic mass is 16.4. The molecule has 3 aromatic rings. The van der Waals surface area contributed by atoms with E-state index < -0.39 is 12.0 Å². The Kier molecular flexibility index (Phi) is 4.61. The number of rotatable bonds is 4. The number of nitrogens with zero attached hydrogens (tertiary/aromatic N) is 2. The zero-order valence-corrected chi connectivity index (χ0v) is 17.1. The molecule has 30 heavy (non-hydrogen) atoms. The second-order valence-electron chi connectivity index (χ2n) is 8.50. The van der Waals surface area contributed by atoms with Gasteiger partial charge in [-0.2, -0.15) is 0 Å². The summed E-state index contributed by atoms with van der Waals surface area (Å²) in [5.74, 6) is -1.44. The fourth-order valence-corrected chi connectivity index (χ4v) is 3.76. The fraction of sp³-hybridized carbons (Fsp3) is 0.261. The van der Waals surface area contributed by atoms with Crippen LogP contribution >= 0.6 is 0 Å². The van der Waals surface area contributed by atoms with Crippen molar-refractivity contribution in [1.82, 2.24) is 9.88 Å². The summed E-state index contributed by atoms with van der Waals surface area (Å²) in [5, 5.41) is 10.5. The molecule has 7 heteroatoms. The van der Waals surface area contributed by atoms with Crippen molar-refractivity contribution in [2.75, 3.05) is 11.4 Å². The number of para-hydroxylation sites is 1. The van der Waals surface area contributed by atoms with E-state index in [-0.39, 0.29) is 30.1 Å². The number of carboxylic acids is 1. The van der Waals surface area contributed by atoms with Crippen LogP contribution in [0, 0.1) is 0 Å². The number of hydrogen-bond acceptors (Lipinski definition) is 3. The van der Waals surface area contributed by atoms with Gasteiger partial charge in [0.05, 0.1) is 12.2 Å². The van der Waals surface area contributed by atoms with E-state index in [0.717, 1.165) is 15.8 Å². The summed E-state index contributed by atoms with van der Waals surface area (Å²) < 4.78 is 0. The highest BCUT2D eigenvalue weighted by Crippen LogP contribution is 2.31. The maximum Gasteiger partial charge on any atom is 0.352 e. The third-order valence-corrected chi connectivity index (χ3v) is 5.39. The molecule has 154 valence electrons. The maximum absolute atomic E-state index is 13.0. The molecule has 1 aliphatic heterocycles. The molecular weight excluding hydrogens is 382 g/mol. The van der Waals surface area contributed by atoms with Crippen molar-refractivity contribution in [3.8, 4) is 0 Å². The Bertz CT molecular complexity index is 1160. The van der Waals surface area contributed by atoms with Crippen LogP contribution in [0.15, 0.2) is 48.5 Å². The first-order chi connectivity index (χ1) is 14.2. The molecule has 1 saturated heterocycles. The van der Waals surface area contributed by atoms with Crippen LogP contribution in [0.2, 0.25) is 0 Å². The summed E-state index contributed by atoms with van der Waals surface area (Å²) in [6.07, 6.45) is 0. The Labute approximate surface area is 173 Å². The highest BCUT2D eigenvalue weighted by molar-refractivity contribution is 6.19. The quantitative estimate of drug-likeness (QED) is 0.638. The van der Waals surface area contributed by atoms with Gasteiger partial charge in [-0.05, 0) is 35.2 Å². The summed E-state index contributed by atoms with van der Waals surface area (Å²) in [6, 6.07) is 14.1. The summed E-state index contributed by atoms with van der Waals surface area (Å²) in [6.45, 7) is 6.18. The highest BCUT2D eigenvalue weighted by Gasteiger charge is 2.38. The number of imide groups is 1. The van der Waals surface area contributed by atoms with Crippen molar-refractivity contribution in [1.29, 1.82) is 0 Å². The van der Waals surface area contributed by atoms with Crippen molar-refractivity contribution in [3.63, 3.8) is 0 Å². The molecule has 0 radical (unpaired) electrons. The number of aromatic nitrogens is 1. The molecular formula is C23H23N3O4. The van der Waals surface area contributed by atoms with Gasteiger partial charge in [-0.1, -0.05) is 45.0 Å². The molecule has 2 aromatic carbocycles. The van der Waals surface area contributed by atoms with E-state index >= 15 is 0 Å². The van der Waals surface area contributed by atoms with Gasteiger partial charge < -0.3 is 15.0 Å². The third kappa shape index (κ3) is 3.32. The summed E-state index contributed by atoms with van der Waals surface area (Å²) in [5.41, 5.74) is 2.67. The van der Waals surface area contributed by atoms with Crippen LogP contribution in [0.1, 0.15) is 42.4 Å². The number of carbonyl (C=O) groups is 3. The number of urea groups is 1. The number of carbonyl (C=O) groups excluding carboxylic acids is 2. The van der Waals surface area contributed by atoms with Crippen LogP contribution in [0.3, 0.4) is 0 Å². The maximum atomic E-state index is 13.0. The second-order valence-corrected chi connectivity index (χ2v) is 8.50. The van der Waals surface area contributed by atoms with Crippen molar-refractivity contribution in [2.45, 2.75) is 32.7 Å². The lowest BCUT2D eigenvalue weighted by Gasteiger charge is -2.20. The zero-order chi connectivity index (χ0) is 21.6. The van der Waals surface area contributed by atoms with Gasteiger partial charge in [-0.25, -0.2) is 14.5 Å². The molecule has 0 bridgehead atoms. The van der Waals surface area contributed by atoms with Gasteiger partial charge in [0.25, 0.3) is 5.91 Å². The molecule has 2 N–H and O–H groups in total. The van der Waals surface area contributed by atoms with Crippen molar-refractivity contribution < 1.29 is 19.5 Å². The Balaban J connectivity index is 1.74. The number of benzene rings is 2. The standard InChI is InChI=1S/C23H23N3O4/c1-23(2,3)14-9-10-18-16(11-14)17(20(24-18)21(28)29)12-25-13-19(27)26(22(25)30)15-7-5-4-6-8-15/h4-11,24H,12-13H2,1-3H3,(H,28,29). The van der Waals surface area contributed by atoms with Crippen molar-refractivity contribution >= 4 is 34.5 Å². The van der Waals surface area contributed by atoms with E-state index in [0.29, 0.717) is 16.8 Å². The largest absolute Gasteiger partial charge is 0.477 e. The van der Waals surface area contributed by atoms with E-state index in [9.17, 15) is 19.5 Å². The van der Waals surface area contributed by atoms with Crippen LogP contribution < -0.4 is 4.90 Å². The van der Waals surface area contributed by atoms with Gasteiger partial charge in [0, 0.05) is 16.5 Å². The normalized spacial score (nSPS) is 14.8. The monoisotopic (exact) mass is 405 g/mol. The van der Waals surface area contributed by atoms with Gasteiger partial charge >= 0.3 is 12.0 Å². The van der Waals surface area contributed by atoms with E-state index in [1.54, 1.807) is 24.3 Å². The topological polar surface area (TPSA) is 93.7 Å². The molecule has 7 nitrogen and oxygen atoms in total. The van der Waals surface area contributed by atoms with Crippen molar-refractivity contribution in [3.05, 3.63) is 65.4 Å². The molecule has 0 aliphatic carbocycles. The number of H-pyrrole nitrogens is 1. The van der Waals surface area contributed by atoms with Gasteiger partial charge in [-0.15, -0.1) is 0 Å². The molecule has 1 aromatic heterocycles. The first-order valence-electron chi connectivity index (χ1n) is 9.72. The lowest BCUT2D eigenvalue weighted by Crippen LogP contribution is -2.33. The van der Waals surface area contributed by atoms with E-state index in [1.165, 1.54) is 4.90 Å².